The summed E-state index contributed by atoms with van der Waals surface area (Å²) in [5.41, 5.74) is 6.68. The largest absolute Gasteiger partial charge is 0.467 e. The van der Waals surface area contributed by atoms with Crippen molar-refractivity contribution < 1.29 is 8.81 Å². The molecule has 4 N–H and O–H groups in total. The number of H-pyrrole nitrogens is 1. The van der Waals surface area contributed by atoms with Crippen LogP contribution in [0.4, 0.5) is 10.2 Å². The Morgan fingerprint density at radius 2 is 2.27 bits per heavy atom. The molecular formula is C15H18FN5O. The Morgan fingerprint density at radius 3 is 2.95 bits per heavy atom. The number of aryl methyl sites for hydroxylation is 1. The van der Waals surface area contributed by atoms with Gasteiger partial charge in [-0.2, -0.15) is 0 Å². The zero-order valence-electron chi connectivity index (χ0n) is 12.5. The van der Waals surface area contributed by atoms with Crippen LogP contribution in [0.15, 0.2) is 22.8 Å². The van der Waals surface area contributed by atoms with Gasteiger partial charge >= 0.3 is 0 Å². The predicted octanol–water partition coefficient (Wildman–Crippen LogP) is 2.50. The molecule has 0 spiro atoms. The topological polar surface area (TPSA) is 92.8 Å². The van der Waals surface area contributed by atoms with Crippen LogP contribution in [0.25, 0.3) is 11.0 Å². The minimum atomic E-state index is -0.353. The van der Waals surface area contributed by atoms with Gasteiger partial charge in [-0.1, -0.05) is 0 Å². The SMILES string of the molecule is Cc1nc(NCc2ccco2)c2c(F)c(CC(C)N)[nH]c2n1. The van der Waals surface area contributed by atoms with Crippen molar-refractivity contribution >= 4 is 16.9 Å². The van der Waals surface area contributed by atoms with E-state index in [1.807, 2.05) is 13.0 Å². The monoisotopic (exact) mass is 303 g/mol. The normalized spacial score (nSPS) is 12.7. The molecule has 3 aromatic heterocycles. The fourth-order valence-corrected chi connectivity index (χ4v) is 2.39. The summed E-state index contributed by atoms with van der Waals surface area (Å²) < 4.78 is 19.9. The van der Waals surface area contributed by atoms with Gasteiger partial charge in [0.1, 0.15) is 23.0 Å². The highest BCUT2D eigenvalue weighted by Gasteiger charge is 2.18. The number of aromatic nitrogens is 3. The Morgan fingerprint density at radius 1 is 1.45 bits per heavy atom. The van der Waals surface area contributed by atoms with E-state index < -0.39 is 0 Å². The second-order valence-corrected chi connectivity index (χ2v) is 5.37. The molecule has 1 atom stereocenters. The third-order valence-corrected chi connectivity index (χ3v) is 3.31. The first kappa shape index (κ1) is 14.5. The highest BCUT2D eigenvalue weighted by molar-refractivity contribution is 5.88. The quantitative estimate of drug-likeness (QED) is 0.673. The average Bonchev–Trinajstić information content (AvgIpc) is 3.05. The van der Waals surface area contributed by atoms with Crippen LogP contribution in [0.2, 0.25) is 0 Å². The van der Waals surface area contributed by atoms with Crippen molar-refractivity contribution in [1.29, 1.82) is 0 Å². The number of hydrogen-bond donors (Lipinski definition) is 3. The van der Waals surface area contributed by atoms with E-state index in [1.54, 1.807) is 19.3 Å². The number of furan rings is 1. The van der Waals surface area contributed by atoms with Gasteiger partial charge in [0.2, 0.25) is 0 Å². The van der Waals surface area contributed by atoms with Crippen LogP contribution >= 0.6 is 0 Å². The third-order valence-electron chi connectivity index (χ3n) is 3.31. The molecule has 0 bridgehead atoms. The van der Waals surface area contributed by atoms with E-state index in [0.717, 1.165) is 5.76 Å². The van der Waals surface area contributed by atoms with Crippen LogP contribution in [-0.2, 0) is 13.0 Å². The van der Waals surface area contributed by atoms with Crippen LogP contribution in [0, 0.1) is 12.7 Å². The smallest absolute Gasteiger partial charge is 0.157 e. The predicted molar refractivity (Wildman–Crippen MR) is 82.0 cm³/mol. The molecule has 0 radical (unpaired) electrons. The summed E-state index contributed by atoms with van der Waals surface area (Å²) in [7, 11) is 0. The fourth-order valence-electron chi connectivity index (χ4n) is 2.39. The second kappa shape index (κ2) is 5.76. The first-order valence-electron chi connectivity index (χ1n) is 7.11. The number of nitrogens with one attached hydrogen (secondary N) is 2. The van der Waals surface area contributed by atoms with Crippen LogP contribution in [-0.4, -0.2) is 21.0 Å². The van der Waals surface area contributed by atoms with Gasteiger partial charge < -0.3 is 20.5 Å². The Balaban J connectivity index is 1.99. The van der Waals surface area contributed by atoms with Crippen molar-refractivity contribution in [3.8, 4) is 0 Å². The molecule has 1 unspecified atom stereocenters. The Bertz CT molecular complexity index is 779. The van der Waals surface area contributed by atoms with Crippen LogP contribution in [0.3, 0.4) is 0 Å². The molecule has 0 aliphatic carbocycles. The molecule has 6 nitrogen and oxygen atoms in total. The summed E-state index contributed by atoms with van der Waals surface area (Å²) in [4.78, 5) is 11.6. The molecule has 22 heavy (non-hydrogen) atoms. The maximum atomic E-state index is 14.6. The molecular weight excluding hydrogens is 285 g/mol. The lowest BCUT2D eigenvalue weighted by atomic mass is 10.2. The van der Waals surface area contributed by atoms with Crippen molar-refractivity contribution in [1.82, 2.24) is 15.0 Å². The van der Waals surface area contributed by atoms with E-state index in [4.69, 9.17) is 10.2 Å². The van der Waals surface area contributed by atoms with Gasteiger partial charge in [0.05, 0.1) is 23.9 Å². The third kappa shape index (κ3) is 2.80. The van der Waals surface area contributed by atoms with E-state index in [2.05, 4.69) is 20.3 Å². The minimum absolute atomic E-state index is 0.142. The van der Waals surface area contributed by atoms with E-state index in [0.29, 0.717) is 41.3 Å². The molecule has 3 rings (SSSR count). The van der Waals surface area contributed by atoms with Crippen molar-refractivity contribution in [3.63, 3.8) is 0 Å². The van der Waals surface area contributed by atoms with Gasteiger partial charge in [-0.3, -0.25) is 0 Å². The first-order valence-corrected chi connectivity index (χ1v) is 7.11. The number of nitrogens with zero attached hydrogens (tertiary/aromatic N) is 2. The molecule has 0 fully saturated rings. The molecule has 3 heterocycles. The zero-order valence-corrected chi connectivity index (χ0v) is 12.5. The van der Waals surface area contributed by atoms with Gasteiger partial charge in [0.25, 0.3) is 0 Å². The van der Waals surface area contributed by atoms with E-state index in [9.17, 15) is 4.39 Å². The van der Waals surface area contributed by atoms with Gasteiger partial charge in [-0.25, -0.2) is 14.4 Å². The molecule has 0 amide bonds. The van der Waals surface area contributed by atoms with Crippen LogP contribution < -0.4 is 11.1 Å². The molecule has 3 aromatic rings. The molecule has 0 saturated heterocycles. The zero-order chi connectivity index (χ0) is 15.7. The number of hydrogen-bond acceptors (Lipinski definition) is 5. The van der Waals surface area contributed by atoms with Crippen molar-refractivity contribution in [3.05, 3.63) is 41.5 Å². The molecule has 116 valence electrons. The summed E-state index contributed by atoms with van der Waals surface area (Å²) in [6.07, 6.45) is 2.01. The van der Waals surface area contributed by atoms with E-state index in [1.165, 1.54) is 0 Å². The Hall–Kier alpha value is -2.41. The number of aromatic amines is 1. The van der Waals surface area contributed by atoms with Gasteiger partial charge in [0.15, 0.2) is 5.82 Å². The lowest BCUT2D eigenvalue weighted by Crippen LogP contribution is -2.18. The first-order chi connectivity index (χ1) is 10.5. The second-order valence-electron chi connectivity index (χ2n) is 5.37. The van der Waals surface area contributed by atoms with E-state index in [-0.39, 0.29) is 11.9 Å². The minimum Gasteiger partial charge on any atom is -0.467 e. The maximum Gasteiger partial charge on any atom is 0.157 e. The average molecular weight is 303 g/mol. The molecule has 0 aliphatic rings. The van der Waals surface area contributed by atoms with Gasteiger partial charge in [0, 0.05) is 12.5 Å². The summed E-state index contributed by atoms with van der Waals surface area (Å²) in [5.74, 6) is 1.40. The van der Waals surface area contributed by atoms with Crippen molar-refractivity contribution in [2.45, 2.75) is 32.9 Å². The fraction of sp³-hybridized carbons (Fsp3) is 0.333. The molecule has 0 aliphatic heterocycles. The lowest BCUT2D eigenvalue weighted by molar-refractivity contribution is 0.518. The standard InChI is InChI=1S/C15H18FN5O/c1-8(17)6-11-13(16)12-14(18-7-10-4-3-5-22-10)19-9(2)20-15(12)21-11/h3-5,8H,6-7,17H2,1-2H3,(H2,18,19,20,21). The highest BCUT2D eigenvalue weighted by Crippen LogP contribution is 2.27. The van der Waals surface area contributed by atoms with Crippen LogP contribution in [0.1, 0.15) is 24.2 Å². The lowest BCUT2D eigenvalue weighted by Gasteiger charge is -2.06. The Labute approximate surface area is 126 Å². The molecule has 7 heteroatoms. The van der Waals surface area contributed by atoms with Crippen LogP contribution in [0.5, 0.6) is 0 Å². The summed E-state index contributed by atoms with van der Waals surface area (Å²) in [5, 5.41) is 3.46. The van der Waals surface area contributed by atoms with Gasteiger partial charge in [-0.05, 0) is 26.0 Å². The number of rotatable bonds is 5. The number of fused-ring (bicyclic) bond motifs is 1. The Kier molecular flexibility index (Phi) is 3.81. The highest BCUT2D eigenvalue weighted by atomic mass is 19.1. The van der Waals surface area contributed by atoms with Crippen molar-refractivity contribution in [2.24, 2.45) is 5.73 Å². The molecule has 0 aromatic carbocycles. The van der Waals surface area contributed by atoms with Gasteiger partial charge in [-0.15, -0.1) is 0 Å². The van der Waals surface area contributed by atoms with E-state index >= 15 is 0 Å². The summed E-state index contributed by atoms with van der Waals surface area (Å²) in [6, 6.07) is 3.50. The number of anilines is 1. The number of halogens is 1. The summed E-state index contributed by atoms with van der Waals surface area (Å²) in [6.45, 7) is 4.02. The number of nitrogens with two attached hydrogens (primary N) is 1. The van der Waals surface area contributed by atoms with Crippen molar-refractivity contribution in [2.75, 3.05) is 5.32 Å². The maximum absolute atomic E-state index is 14.6. The summed E-state index contributed by atoms with van der Waals surface area (Å²) >= 11 is 0. The molecule has 0 saturated carbocycles.